The summed E-state index contributed by atoms with van der Waals surface area (Å²) in [5.74, 6) is -0.801. The molecule has 1 aliphatic carbocycles. The van der Waals surface area contributed by atoms with Crippen LogP contribution in [-0.4, -0.2) is 29.8 Å². The van der Waals surface area contributed by atoms with E-state index in [9.17, 15) is 22.8 Å². The molecular formula is C23H23F3N2O2. The molecule has 2 fully saturated rings. The second-order valence-corrected chi connectivity index (χ2v) is 7.95. The van der Waals surface area contributed by atoms with Gasteiger partial charge in [-0.25, -0.2) is 0 Å². The van der Waals surface area contributed by atoms with Crippen molar-refractivity contribution in [2.24, 2.45) is 5.92 Å². The molecular weight excluding hydrogens is 393 g/mol. The maximum atomic E-state index is 13.0. The molecule has 1 aliphatic heterocycles. The Kier molecular flexibility index (Phi) is 5.54. The van der Waals surface area contributed by atoms with Crippen molar-refractivity contribution in [3.05, 3.63) is 71.3 Å². The number of carbonyl (C=O) groups excluding carboxylic acids is 2. The highest BCUT2D eigenvalue weighted by molar-refractivity contribution is 5.91. The summed E-state index contributed by atoms with van der Waals surface area (Å²) in [6.45, 7) is 1.38. The van der Waals surface area contributed by atoms with Crippen molar-refractivity contribution < 1.29 is 22.8 Å². The molecule has 2 aromatic rings. The molecule has 3 atom stereocenters. The topological polar surface area (TPSA) is 49.4 Å². The molecule has 7 heteroatoms. The van der Waals surface area contributed by atoms with Gasteiger partial charge in [-0.05, 0) is 48.4 Å². The molecule has 4 nitrogen and oxygen atoms in total. The van der Waals surface area contributed by atoms with Crippen molar-refractivity contribution in [2.45, 2.75) is 37.4 Å². The first-order valence-corrected chi connectivity index (χ1v) is 10.2. The van der Waals surface area contributed by atoms with Gasteiger partial charge in [0.15, 0.2) is 0 Å². The Morgan fingerprint density at radius 3 is 2.20 bits per heavy atom. The Bertz CT molecular complexity index is 906. The predicted octanol–water partition coefficient (Wildman–Crippen LogP) is 4.29. The summed E-state index contributed by atoms with van der Waals surface area (Å²) in [7, 11) is 0. The molecule has 2 aromatic carbocycles. The molecule has 30 heavy (non-hydrogen) atoms. The molecule has 1 saturated carbocycles. The molecule has 0 spiro atoms. The highest BCUT2D eigenvalue weighted by Crippen LogP contribution is 2.48. The number of nitrogens with zero attached hydrogens (tertiary/aromatic N) is 1. The fraction of sp³-hybridized carbons (Fsp3) is 0.391. The standard InChI is InChI=1S/C23H23F3N2O2/c24-23(25,26)17-10-8-15(9-11-17)18-14-19(18)21(29)27-20(16-6-2-1-3-7-16)22(30)28-12-4-5-13-28/h1-3,6-11,18-20H,4-5,12-14H2,(H,27,29). The number of hydrogen-bond acceptors (Lipinski definition) is 2. The lowest BCUT2D eigenvalue weighted by atomic mass is 10.0. The number of benzene rings is 2. The van der Waals surface area contributed by atoms with Crippen LogP contribution >= 0.6 is 0 Å². The fourth-order valence-electron chi connectivity index (χ4n) is 4.07. The minimum atomic E-state index is -4.38. The third kappa shape index (κ3) is 4.35. The van der Waals surface area contributed by atoms with Crippen LogP contribution in [0.3, 0.4) is 0 Å². The van der Waals surface area contributed by atoms with E-state index in [4.69, 9.17) is 0 Å². The van der Waals surface area contributed by atoms with E-state index in [1.807, 2.05) is 30.3 Å². The van der Waals surface area contributed by atoms with Gasteiger partial charge in [0.2, 0.25) is 11.8 Å². The van der Waals surface area contributed by atoms with Crippen LogP contribution in [0.5, 0.6) is 0 Å². The lowest BCUT2D eigenvalue weighted by Gasteiger charge is -2.24. The average molecular weight is 416 g/mol. The number of likely N-dealkylation sites (tertiary alicyclic amines) is 1. The van der Waals surface area contributed by atoms with Gasteiger partial charge in [0.05, 0.1) is 5.56 Å². The van der Waals surface area contributed by atoms with Crippen molar-refractivity contribution in [1.82, 2.24) is 10.2 Å². The first kappa shape index (κ1) is 20.4. The molecule has 0 aromatic heterocycles. The van der Waals surface area contributed by atoms with Gasteiger partial charge in [-0.15, -0.1) is 0 Å². The number of rotatable bonds is 5. The van der Waals surface area contributed by atoms with Gasteiger partial charge < -0.3 is 10.2 Å². The zero-order chi connectivity index (χ0) is 21.3. The van der Waals surface area contributed by atoms with E-state index in [1.165, 1.54) is 12.1 Å². The monoisotopic (exact) mass is 416 g/mol. The smallest absolute Gasteiger partial charge is 0.341 e. The summed E-state index contributed by atoms with van der Waals surface area (Å²) in [5.41, 5.74) is 0.744. The minimum absolute atomic E-state index is 0.112. The molecule has 4 rings (SSSR count). The highest BCUT2D eigenvalue weighted by Gasteiger charge is 2.45. The van der Waals surface area contributed by atoms with Crippen LogP contribution in [0.2, 0.25) is 0 Å². The zero-order valence-corrected chi connectivity index (χ0v) is 16.4. The summed E-state index contributed by atoms with van der Waals surface area (Å²) in [6, 6.07) is 13.4. The quantitative estimate of drug-likeness (QED) is 0.791. The van der Waals surface area contributed by atoms with E-state index in [-0.39, 0.29) is 23.7 Å². The summed E-state index contributed by atoms with van der Waals surface area (Å²) < 4.78 is 38.2. The number of amides is 2. The molecule has 158 valence electrons. The van der Waals surface area contributed by atoms with Gasteiger partial charge >= 0.3 is 6.18 Å². The van der Waals surface area contributed by atoms with E-state index in [2.05, 4.69) is 5.32 Å². The molecule has 1 heterocycles. The van der Waals surface area contributed by atoms with E-state index in [0.717, 1.165) is 30.5 Å². The lowest BCUT2D eigenvalue weighted by Crippen LogP contribution is -2.42. The second kappa shape index (κ2) is 8.13. The van der Waals surface area contributed by atoms with E-state index in [1.54, 1.807) is 4.90 Å². The van der Waals surface area contributed by atoms with Crippen LogP contribution in [0.1, 0.15) is 47.9 Å². The Hall–Kier alpha value is -2.83. The second-order valence-electron chi connectivity index (χ2n) is 7.95. The lowest BCUT2D eigenvalue weighted by molar-refractivity contribution is -0.137. The van der Waals surface area contributed by atoms with Gasteiger partial charge in [-0.3, -0.25) is 9.59 Å². The van der Waals surface area contributed by atoms with Gasteiger partial charge in [-0.2, -0.15) is 13.2 Å². The third-order valence-corrected chi connectivity index (χ3v) is 5.88. The summed E-state index contributed by atoms with van der Waals surface area (Å²) in [5, 5.41) is 2.90. The van der Waals surface area contributed by atoms with Gasteiger partial charge in [-0.1, -0.05) is 42.5 Å². The largest absolute Gasteiger partial charge is 0.416 e. The van der Waals surface area contributed by atoms with E-state index < -0.39 is 17.8 Å². The molecule has 0 bridgehead atoms. The number of alkyl halides is 3. The molecule has 0 radical (unpaired) electrons. The molecule has 3 unspecified atom stereocenters. The predicted molar refractivity (Wildman–Crippen MR) is 105 cm³/mol. The van der Waals surface area contributed by atoms with Crippen molar-refractivity contribution in [3.63, 3.8) is 0 Å². The van der Waals surface area contributed by atoms with Crippen LogP contribution in [0.4, 0.5) is 13.2 Å². The fourth-order valence-corrected chi connectivity index (χ4v) is 4.07. The number of halogens is 3. The van der Waals surface area contributed by atoms with Crippen molar-refractivity contribution in [1.29, 1.82) is 0 Å². The number of carbonyl (C=O) groups is 2. The highest BCUT2D eigenvalue weighted by atomic mass is 19.4. The van der Waals surface area contributed by atoms with Gasteiger partial charge in [0.1, 0.15) is 6.04 Å². The summed E-state index contributed by atoms with van der Waals surface area (Å²) >= 11 is 0. The Morgan fingerprint density at radius 1 is 0.967 bits per heavy atom. The van der Waals surface area contributed by atoms with Crippen LogP contribution < -0.4 is 5.32 Å². The Balaban J connectivity index is 1.45. The van der Waals surface area contributed by atoms with Crippen LogP contribution in [0.15, 0.2) is 54.6 Å². The van der Waals surface area contributed by atoms with E-state index >= 15 is 0 Å². The first-order valence-electron chi connectivity index (χ1n) is 10.2. The number of hydrogen-bond donors (Lipinski definition) is 1. The van der Waals surface area contributed by atoms with E-state index in [0.29, 0.717) is 25.1 Å². The van der Waals surface area contributed by atoms with Crippen molar-refractivity contribution in [2.75, 3.05) is 13.1 Å². The Labute approximate surface area is 173 Å². The molecule has 2 aliphatic rings. The third-order valence-electron chi connectivity index (χ3n) is 5.88. The van der Waals surface area contributed by atoms with Crippen LogP contribution in [0, 0.1) is 5.92 Å². The zero-order valence-electron chi connectivity index (χ0n) is 16.4. The van der Waals surface area contributed by atoms with Gasteiger partial charge in [0.25, 0.3) is 0 Å². The average Bonchev–Trinajstić information content (AvgIpc) is 3.36. The normalized spacial score (nSPS) is 21.9. The van der Waals surface area contributed by atoms with Gasteiger partial charge in [0, 0.05) is 19.0 Å². The van der Waals surface area contributed by atoms with Crippen LogP contribution in [0.25, 0.3) is 0 Å². The first-order chi connectivity index (χ1) is 14.3. The summed E-state index contributed by atoms with van der Waals surface area (Å²) in [4.78, 5) is 27.6. The summed E-state index contributed by atoms with van der Waals surface area (Å²) in [6.07, 6.45) is -1.89. The van der Waals surface area contributed by atoms with Crippen molar-refractivity contribution in [3.8, 4) is 0 Å². The SMILES string of the molecule is O=C(NC(C(=O)N1CCCC1)c1ccccc1)C1CC1c1ccc(C(F)(F)F)cc1. The maximum absolute atomic E-state index is 13.0. The van der Waals surface area contributed by atoms with Crippen molar-refractivity contribution >= 4 is 11.8 Å². The molecule has 1 saturated heterocycles. The molecule has 1 N–H and O–H groups in total. The number of nitrogens with one attached hydrogen (secondary N) is 1. The maximum Gasteiger partial charge on any atom is 0.416 e. The Morgan fingerprint density at radius 2 is 1.60 bits per heavy atom. The van der Waals surface area contributed by atoms with Crippen LogP contribution in [-0.2, 0) is 15.8 Å². The minimum Gasteiger partial charge on any atom is -0.341 e. The molecule has 2 amide bonds.